The first-order chi connectivity index (χ1) is 10.4. The van der Waals surface area contributed by atoms with E-state index >= 15 is 0 Å². The van der Waals surface area contributed by atoms with Gasteiger partial charge in [0.25, 0.3) is 0 Å². The first-order valence-electron chi connectivity index (χ1n) is 8.07. The third kappa shape index (κ3) is 4.26. The molecular weight excluding hydrogens is 260 g/mol. The molecule has 3 heteroatoms. The summed E-state index contributed by atoms with van der Waals surface area (Å²) in [7, 11) is 0. The highest BCUT2D eigenvalue weighted by Crippen LogP contribution is 2.20. The van der Waals surface area contributed by atoms with Crippen molar-refractivity contribution in [2.75, 3.05) is 13.2 Å². The van der Waals surface area contributed by atoms with Crippen molar-refractivity contribution in [2.24, 2.45) is 0 Å². The van der Waals surface area contributed by atoms with Gasteiger partial charge in [0.05, 0.1) is 12.7 Å². The van der Waals surface area contributed by atoms with Gasteiger partial charge in [0.15, 0.2) is 0 Å². The fraction of sp³-hybridized carbons (Fsp3) is 0.500. The molecule has 21 heavy (non-hydrogen) atoms. The first-order valence-corrected chi connectivity index (χ1v) is 8.07. The lowest BCUT2D eigenvalue weighted by Gasteiger charge is -2.22. The molecule has 0 amide bonds. The Kier molecular flexibility index (Phi) is 5.19. The number of nitrogens with zero attached hydrogens (tertiary/aromatic N) is 1. The predicted molar refractivity (Wildman–Crippen MR) is 86.3 cm³/mol. The van der Waals surface area contributed by atoms with E-state index < -0.39 is 0 Å². The van der Waals surface area contributed by atoms with Gasteiger partial charge >= 0.3 is 0 Å². The van der Waals surface area contributed by atoms with E-state index in [0.29, 0.717) is 6.10 Å². The van der Waals surface area contributed by atoms with E-state index in [1.165, 1.54) is 48.4 Å². The van der Waals surface area contributed by atoms with Gasteiger partial charge in [0.1, 0.15) is 0 Å². The van der Waals surface area contributed by atoms with Gasteiger partial charge in [-0.15, -0.1) is 0 Å². The van der Waals surface area contributed by atoms with Gasteiger partial charge in [-0.25, -0.2) is 0 Å². The van der Waals surface area contributed by atoms with Crippen LogP contribution >= 0.6 is 0 Å². The summed E-state index contributed by atoms with van der Waals surface area (Å²) in [4.78, 5) is 4.14. The van der Waals surface area contributed by atoms with Crippen molar-refractivity contribution in [3.05, 3.63) is 42.2 Å². The third-order valence-electron chi connectivity index (χ3n) is 4.22. The number of ether oxygens (including phenoxy) is 1. The summed E-state index contributed by atoms with van der Waals surface area (Å²) >= 11 is 0. The highest BCUT2D eigenvalue weighted by molar-refractivity contribution is 5.81. The number of aromatic nitrogens is 1. The molecule has 1 aromatic heterocycles. The van der Waals surface area contributed by atoms with E-state index in [4.69, 9.17) is 4.74 Å². The molecule has 0 aliphatic heterocycles. The van der Waals surface area contributed by atoms with Gasteiger partial charge in [0, 0.05) is 30.9 Å². The van der Waals surface area contributed by atoms with E-state index in [-0.39, 0.29) is 0 Å². The molecule has 1 aliphatic rings. The van der Waals surface area contributed by atoms with E-state index in [1.54, 1.807) is 0 Å². The van der Waals surface area contributed by atoms with Crippen LogP contribution in [0.2, 0.25) is 0 Å². The molecule has 0 unspecified atom stereocenters. The fourth-order valence-corrected chi connectivity index (χ4v) is 3.01. The molecule has 1 aromatic carbocycles. The average Bonchev–Trinajstić information content (AvgIpc) is 2.55. The molecule has 0 bridgehead atoms. The van der Waals surface area contributed by atoms with Gasteiger partial charge in [-0.3, -0.25) is 4.98 Å². The minimum absolute atomic E-state index is 0.508. The standard InChI is InChI=1S/C18H24N2O/c1-2-4-18(5-3-1)21-11-10-20-13-15-6-7-17-14-19-9-8-16(17)12-15/h6-9,12,14,18,20H,1-5,10-11,13H2. The number of pyridine rings is 1. The molecule has 1 N–H and O–H groups in total. The van der Waals surface area contributed by atoms with Crippen LogP contribution in [-0.4, -0.2) is 24.2 Å². The Morgan fingerprint density at radius 2 is 2.00 bits per heavy atom. The minimum Gasteiger partial charge on any atom is -0.377 e. The number of rotatable bonds is 6. The second kappa shape index (κ2) is 7.53. The molecule has 2 aromatic rings. The zero-order chi connectivity index (χ0) is 14.3. The van der Waals surface area contributed by atoms with Crippen molar-refractivity contribution in [3.8, 4) is 0 Å². The second-order valence-electron chi connectivity index (χ2n) is 5.86. The quantitative estimate of drug-likeness (QED) is 0.822. The SMILES string of the molecule is c1cc2cc(CNCCOC3CCCCC3)ccc2cn1. The van der Waals surface area contributed by atoms with Gasteiger partial charge < -0.3 is 10.1 Å². The Bertz CT molecular complexity index is 564. The van der Waals surface area contributed by atoms with Crippen molar-refractivity contribution < 1.29 is 4.74 Å². The van der Waals surface area contributed by atoms with Crippen LogP contribution in [0.4, 0.5) is 0 Å². The summed E-state index contributed by atoms with van der Waals surface area (Å²) in [5.74, 6) is 0. The Balaban J connectivity index is 1.39. The summed E-state index contributed by atoms with van der Waals surface area (Å²) in [5, 5.41) is 5.91. The van der Waals surface area contributed by atoms with E-state index in [0.717, 1.165) is 19.7 Å². The van der Waals surface area contributed by atoms with Gasteiger partial charge in [-0.2, -0.15) is 0 Å². The molecule has 0 saturated heterocycles. The highest BCUT2D eigenvalue weighted by Gasteiger charge is 2.12. The monoisotopic (exact) mass is 284 g/mol. The maximum absolute atomic E-state index is 5.92. The largest absolute Gasteiger partial charge is 0.377 e. The molecule has 1 aliphatic carbocycles. The Morgan fingerprint density at radius 1 is 1.10 bits per heavy atom. The van der Waals surface area contributed by atoms with Crippen molar-refractivity contribution in [3.63, 3.8) is 0 Å². The van der Waals surface area contributed by atoms with E-state index in [1.807, 2.05) is 12.4 Å². The lowest BCUT2D eigenvalue weighted by atomic mass is 9.98. The molecule has 1 saturated carbocycles. The Hall–Kier alpha value is -1.45. The van der Waals surface area contributed by atoms with Gasteiger partial charge in [0.2, 0.25) is 0 Å². The third-order valence-corrected chi connectivity index (χ3v) is 4.22. The van der Waals surface area contributed by atoms with Crippen LogP contribution < -0.4 is 5.32 Å². The first kappa shape index (κ1) is 14.5. The van der Waals surface area contributed by atoms with Crippen LogP contribution in [-0.2, 0) is 11.3 Å². The van der Waals surface area contributed by atoms with Crippen LogP contribution in [0.25, 0.3) is 10.8 Å². The topological polar surface area (TPSA) is 34.1 Å². The fourth-order valence-electron chi connectivity index (χ4n) is 3.01. The predicted octanol–water partition coefficient (Wildman–Crippen LogP) is 3.67. The Labute approximate surface area is 126 Å². The molecule has 0 radical (unpaired) electrons. The smallest absolute Gasteiger partial charge is 0.0594 e. The van der Waals surface area contributed by atoms with Crippen molar-refractivity contribution >= 4 is 10.8 Å². The lowest BCUT2D eigenvalue weighted by Crippen LogP contribution is -2.24. The number of benzene rings is 1. The second-order valence-corrected chi connectivity index (χ2v) is 5.86. The normalized spacial score (nSPS) is 16.4. The van der Waals surface area contributed by atoms with Crippen LogP contribution in [0.1, 0.15) is 37.7 Å². The average molecular weight is 284 g/mol. The number of nitrogens with one attached hydrogen (secondary N) is 1. The summed E-state index contributed by atoms with van der Waals surface area (Å²) < 4.78 is 5.92. The van der Waals surface area contributed by atoms with Gasteiger partial charge in [-0.05, 0) is 35.9 Å². The minimum atomic E-state index is 0.508. The number of hydrogen-bond donors (Lipinski definition) is 1. The highest BCUT2D eigenvalue weighted by atomic mass is 16.5. The molecule has 0 spiro atoms. The molecule has 1 fully saturated rings. The van der Waals surface area contributed by atoms with Gasteiger partial charge in [-0.1, -0.05) is 31.4 Å². The molecule has 1 heterocycles. The number of hydrogen-bond acceptors (Lipinski definition) is 3. The van der Waals surface area contributed by atoms with Crippen LogP contribution in [0.5, 0.6) is 0 Å². The molecule has 3 nitrogen and oxygen atoms in total. The zero-order valence-corrected chi connectivity index (χ0v) is 12.6. The molecule has 3 rings (SSSR count). The Morgan fingerprint density at radius 3 is 2.90 bits per heavy atom. The summed E-state index contributed by atoms with van der Waals surface area (Å²) in [6.45, 7) is 2.64. The number of fused-ring (bicyclic) bond motifs is 1. The van der Waals surface area contributed by atoms with Crippen molar-refractivity contribution in [1.82, 2.24) is 10.3 Å². The molecule has 112 valence electrons. The summed E-state index contributed by atoms with van der Waals surface area (Å²) in [6.07, 6.45) is 10.8. The van der Waals surface area contributed by atoms with Crippen LogP contribution in [0.15, 0.2) is 36.7 Å². The summed E-state index contributed by atoms with van der Waals surface area (Å²) in [6, 6.07) is 8.59. The maximum atomic E-state index is 5.92. The van der Waals surface area contributed by atoms with Crippen LogP contribution in [0, 0.1) is 0 Å². The molecule has 0 atom stereocenters. The van der Waals surface area contributed by atoms with Crippen molar-refractivity contribution in [1.29, 1.82) is 0 Å². The molecular formula is C18H24N2O. The van der Waals surface area contributed by atoms with E-state index in [9.17, 15) is 0 Å². The maximum Gasteiger partial charge on any atom is 0.0594 e. The van der Waals surface area contributed by atoms with Crippen LogP contribution in [0.3, 0.4) is 0 Å². The van der Waals surface area contributed by atoms with Crippen molar-refractivity contribution in [2.45, 2.75) is 44.8 Å². The van der Waals surface area contributed by atoms with E-state index in [2.05, 4.69) is 34.6 Å². The zero-order valence-electron chi connectivity index (χ0n) is 12.6. The lowest BCUT2D eigenvalue weighted by molar-refractivity contribution is 0.0302. The summed E-state index contributed by atoms with van der Waals surface area (Å²) in [5.41, 5.74) is 1.31.